The number of hydrogen-bond donors (Lipinski definition) is 3. The number of ether oxygens (including phenoxy) is 2. The van der Waals surface area contributed by atoms with Crippen LogP contribution in [-0.2, 0) is 4.74 Å². The maximum absolute atomic E-state index is 10.7. The Morgan fingerprint density at radius 3 is 2.60 bits per heavy atom. The molecular weight excluding hydrogens is 340 g/mol. The summed E-state index contributed by atoms with van der Waals surface area (Å²) in [5.74, 6) is 1.38. The molecule has 3 rings (SSSR count). The number of fused-ring (bicyclic) bond motifs is 1. The number of thioether (sulfide) groups is 1. The third-order valence-corrected chi connectivity index (χ3v) is 5.53. The van der Waals surface area contributed by atoms with Crippen molar-refractivity contribution in [1.29, 1.82) is 0 Å². The molecule has 25 heavy (non-hydrogen) atoms. The Hall–Kier alpha value is -1.31. The fourth-order valence-corrected chi connectivity index (χ4v) is 4.04. The van der Waals surface area contributed by atoms with Gasteiger partial charge in [-0.05, 0) is 23.6 Å². The van der Waals surface area contributed by atoms with Gasteiger partial charge in [-0.2, -0.15) is 0 Å². The molecule has 136 valence electrons. The Morgan fingerprint density at radius 2 is 1.88 bits per heavy atom. The molecule has 1 aliphatic heterocycles. The summed E-state index contributed by atoms with van der Waals surface area (Å²) in [6.07, 6.45) is -3.78. The van der Waals surface area contributed by atoms with Gasteiger partial charge in [-0.25, -0.2) is 0 Å². The first-order chi connectivity index (χ1) is 12.1. The summed E-state index contributed by atoms with van der Waals surface area (Å²) in [4.78, 5) is 0. The average molecular weight is 364 g/mol. The molecule has 0 aromatic heterocycles. The van der Waals surface area contributed by atoms with Gasteiger partial charge < -0.3 is 24.8 Å². The molecule has 1 aliphatic rings. The Bertz CT molecular complexity index is 722. The zero-order valence-corrected chi connectivity index (χ0v) is 15.1. The third-order valence-electron chi connectivity index (χ3n) is 4.48. The van der Waals surface area contributed by atoms with Crippen molar-refractivity contribution >= 4 is 22.5 Å². The van der Waals surface area contributed by atoms with E-state index in [2.05, 4.69) is 0 Å². The summed E-state index contributed by atoms with van der Waals surface area (Å²) in [6.45, 7) is 3.56. The molecule has 2 aromatic rings. The van der Waals surface area contributed by atoms with Crippen LogP contribution in [0.5, 0.6) is 5.75 Å². The molecule has 0 radical (unpaired) electrons. The van der Waals surface area contributed by atoms with Crippen LogP contribution in [0.4, 0.5) is 0 Å². The Balaban J connectivity index is 1.96. The third kappa shape index (κ3) is 3.64. The maximum atomic E-state index is 10.7. The first-order valence-corrected chi connectivity index (χ1v) is 9.50. The van der Waals surface area contributed by atoms with Gasteiger partial charge >= 0.3 is 0 Å². The van der Waals surface area contributed by atoms with E-state index in [4.69, 9.17) is 9.47 Å². The summed E-state index contributed by atoms with van der Waals surface area (Å²) < 4.78 is 11.7. The van der Waals surface area contributed by atoms with Gasteiger partial charge in [0.05, 0.1) is 6.61 Å². The highest BCUT2D eigenvalue weighted by Crippen LogP contribution is 2.35. The molecule has 5 nitrogen and oxygen atoms in total. The second-order valence-corrected chi connectivity index (χ2v) is 7.55. The van der Waals surface area contributed by atoms with Crippen LogP contribution in [0.1, 0.15) is 12.5 Å². The molecule has 1 fully saturated rings. The van der Waals surface area contributed by atoms with Crippen LogP contribution in [-0.4, -0.2) is 57.5 Å². The number of rotatable bonds is 5. The van der Waals surface area contributed by atoms with E-state index in [9.17, 15) is 15.3 Å². The predicted molar refractivity (Wildman–Crippen MR) is 99.0 cm³/mol. The maximum Gasteiger partial charge on any atom is 0.156 e. The highest BCUT2D eigenvalue weighted by molar-refractivity contribution is 7.99. The van der Waals surface area contributed by atoms with Crippen LogP contribution in [0.3, 0.4) is 0 Å². The molecular formula is C19H24O5S. The van der Waals surface area contributed by atoms with Gasteiger partial charge in [0, 0.05) is 5.39 Å². The minimum atomic E-state index is -1.12. The lowest BCUT2D eigenvalue weighted by Gasteiger charge is -2.42. The smallest absolute Gasteiger partial charge is 0.156 e. The first kappa shape index (κ1) is 18.5. The van der Waals surface area contributed by atoms with Gasteiger partial charge in [-0.15, -0.1) is 11.8 Å². The molecule has 2 aromatic carbocycles. The summed E-state index contributed by atoms with van der Waals surface area (Å²) in [5.41, 5.74) is 0.371. The Labute approximate surface area is 151 Å². The summed E-state index contributed by atoms with van der Waals surface area (Å²) >= 11 is 1.43. The van der Waals surface area contributed by atoms with E-state index in [0.717, 1.165) is 22.1 Å². The van der Waals surface area contributed by atoms with E-state index in [1.807, 2.05) is 50.2 Å². The monoisotopic (exact) mass is 364 g/mol. The van der Waals surface area contributed by atoms with Crippen molar-refractivity contribution in [3.8, 4) is 5.75 Å². The fourth-order valence-electron chi connectivity index (χ4n) is 3.14. The van der Waals surface area contributed by atoms with Crippen LogP contribution in [0.25, 0.3) is 10.8 Å². The molecule has 5 atom stereocenters. The molecule has 6 heteroatoms. The zero-order chi connectivity index (χ0) is 18.0. The van der Waals surface area contributed by atoms with E-state index in [-0.39, 0.29) is 6.61 Å². The van der Waals surface area contributed by atoms with Crippen molar-refractivity contribution in [2.75, 3.05) is 12.4 Å². The van der Waals surface area contributed by atoms with E-state index in [1.54, 1.807) is 0 Å². The lowest BCUT2D eigenvalue weighted by atomic mass is 9.99. The SMILES string of the molecule is CCS[C@@H]1O[C@H](CO)[C@@H](O)[C@H](Oc2c(C)ccc3ccccc23)[C@H]1O. The molecule has 0 saturated carbocycles. The standard InChI is InChI=1S/C19H24O5S/c1-3-25-19-16(22)18(15(21)14(10-20)23-19)24-17-11(2)8-9-12-6-4-5-7-13(12)17/h4-9,14-16,18-22H,3,10H2,1-2H3/t14-,15-,16-,18+,19+/m1/s1. The van der Waals surface area contributed by atoms with Crippen molar-refractivity contribution in [2.45, 2.75) is 43.7 Å². The van der Waals surface area contributed by atoms with Crippen LogP contribution >= 0.6 is 11.8 Å². The van der Waals surface area contributed by atoms with Gasteiger partial charge in [0.25, 0.3) is 0 Å². The summed E-state index contributed by atoms with van der Waals surface area (Å²) in [5, 5.41) is 32.6. The molecule has 0 unspecified atom stereocenters. The molecule has 0 spiro atoms. The Morgan fingerprint density at radius 1 is 1.12 bits per heavy atom. The van der Waals surface area contributed by atoms with Crippen LogP contribution < -0.4 is 4.74 Å². The first-order valence-electron chi connectivity index (χ1n) is 8.45. The predicted octanol–water partition coefficient (Wildman–Crippen LogP) is 2.09. The van der Waals surface area contributed by atoms with E-state index < -0.39 is 29.9 Å². The molecule has 0 bridgehead atoms. The van der Waals surface area contributed by atoms with Gasteiger partial charge in [0.15, 0.2) is 6.10 Å². The number of benzene rings is 2. The quantitative estimate of drug-likeness (QED) is 0.754. The van der Waals surface area contributed by atoms with E-state index in [0.29, 0.717) is 5.75 Å². The Kier molecular flexibility index (Phi) is 5.86. The average Bonchev–Trinajstić information content (AvgIpc) is 2.62. The number of aliphatic hydroxyl groups excluding tert-OH is 3. The molecule has 0 aliphatic carbocycles. The van der Waals surface area contributed by atoms with Crippen LogP contribution in [0.15, 0.2) is 36.4 Å². The number of hydrogen-bond acceptors (Lipinski definition) is 6. The highest BCUT2D eigenvalue weighted by Gasteiger charge is 2.46. The van der Waals surface area contributed by atoms with Crippen molar-refractivity contribution in [3.63, 3.8) is 0 Å². The van der Waals surface area contributed by atoms with E-state index >= 15 is 0 Å². The minimum absolute atomic E-state index is 0.330. The van der Waals surface area contributed by atoms with Crippen LogP contribution in [0, 0.1) is 6.92 Å². The summed E-state index contributed by atoms with van der Waals surface area (Å²) in [7, 11) is 0. The zero-order valence-electron chi connectivity index (χ0n) is 14.3. The van der Waals surface area contributed by atoms with Crippen molar-refractivity contribution < 1.29 is 24.8 Å². The molecule has 1 saturated heterocycles. The second-order valence-electron chi connectivity index (χ2n) is 6.18. The van der Waals surface area contributed by atoms with E-state index in [1.165, 1.54) is 11.8 Å². The van der Waals surface area contributed by atoms with Gasteiger partial charge in [0.2, 0.25) is 0 Å². The summed E-state index contributed by atoms with van der Waals surface area (Å²) in [6, 6.07) is 11.8. The molecule has 3 N–H and O–H groups in total. The highest BCUT2D eigenvalue weighted by atomic mass is 32.2. The van der Waals surface area contributed by atoms with Gasteiger partial charge in [0.1, 0.15) is 29.5 Å². The normalized spacial score (nSPS) is 29.7. The second kappa shape index (κ2) is 7.93. The lowest BCUT2D eigenvalue weighted by molar-refractivity contribution is -0.198. The largest absolute Gasteiger partial charge is 0.484 e. The number of aryl methyl sites for hydroxylation is 1. The lowest BCUT2D eigenvalue weighted by Crippen LogP contribution is -2.59. The van der Waals surface area contributed by atoms with Crippen molar-refractivity contribution in [3.05, 3.63) is 42.0 Å². The van der Waals surface area contributed by atoms with Crippen molar-refractivity contribution in [1.82, 2.24) is 0 Å². The number of aliphatic hydroxyl groups is 3. The fraction of sp³-hybridized carbons (Fsp3) is 0.474. The molecule has 0 amide bonds. The molecule has 1 heterocycles. The van der Waals surface area contributed by atoms with Crippen molar-refractivity contribution in [2.24, 2.45) is 0 Å². The topological polar surface area (TPSA) is 79.2 Å². The van der Waals surface area contributed by atoms with Gasteiger partial charge in [-0.1, -0.05) is 43.3 Å². The minimum Gasteiger partial charge on any atom is -0.484 e. The van der Waals surface area contributed by atoms with Gasteiger partial charge in [-0.3, -0.25) is 0 Å². The van der Waals surface area contributed by atoms with Crippen LogP contribution in [0.2, 0.25) is 0 Å².